The monoisotopic (exact) mass is 705 g/mol. The molecule has 0 spiro atoms. The van der Waals surface area contributed by atoms with Crippen molar-refractivity contribution in [1.29, 1.82) is 0 Å². The lowest BCUT2D eigenvalue weighted by atomic mass is 9.80. The standard InChI is InChI=1S/C48H43N5O/c1-47(2,3)39-30-31-40(48(4,5)6)44-43(39)49-41(32-16-10-7-11-17-32)42(50-44)33-22-26-37(27-23-33)53(36-20-14-9-15-21-36)38-28-24-35(25-29-38)46-52-51-45(54-46)34-18-12-8-13-19-34/h7-31H,1-6H3. The molecule has 0 aliphatic carbocycles. The van der Waals surface area contributed by atoms with Gasteiger partial charge in [0.2, 0.25) is 11.8 Å². The molecule has 8 aromatic rings. The van der Waals surface area contributed by atoms with Gasteiger partial charge in [0.15, 0.2) is 0 Å². The zero-order valence-corrected chi connectivity index (χ0v) is 31.6. The molecule has 0 radical (unpaired) electrons. The van der Waals surface area contributed by atoms with Crippen molar-refractivity contribution in [3.8, 4) is 45.4 Å². The first-order chi connectivity index (χ1) is 26.0. The van der Waals surface area contributed by atoms with Gasteiger partial charge in [0, 0.05) is 39.3 Å². The van der Waals surface area contributed by atoms with Gasteiger partial charge in [0.1, 0.15) is 0 Å². The molecule has 0 amide bonds. The summed E-state index contributed by atoms with van der Waals surface area (Å²) >= 11 is 0. The highest BCUT2D eigenvalue weighted by Crippen LogP contribution is 2.41. The number of hydrogen-bond donors (Lipinski definition) is 0. The molecule has 266 valence electrons. The molecule has 0 fully saturated rings. The summed E-state index contributed by atoms with van der Waals surface area (Å²) in [5.74, 6) is 0.974. The molecule has 2 heterocycles. The fourth-order valence-electron chi connectivity index (χ4n) is 6.93. The predicted molar refractivity (Wildman–Crippen MR) is 221 cm³/mol. The SMILES string of the molecule is CC(C)(C)c1ccc(C(C)(C)C)c2nc(-c3ccc(N(c4ccccc4)c4ccc(-c5nnc(-c6ccccc6)o5)cc4)cc3)c(-c3ccccc3)nc12. The third-order valence-corrected chi connectivity index (χ3v) is 9.72. The summed E-state index contributed by atoms with van der Waals surface area (Å²) in [7, 11) is 0. The smallest absolute Gasteiger partial charge is 0.248 e. The van der Waals surface area contributed by atoms with Gasteiger partial charge < -0.3 is 9.32 Å². The maximum atomic E-state index is 6.05. The molecule has 0 N–H and O–H groups in total. The van der Waals surface area contributed by atoms with Crippen molar-refractivity contribution in [2.45, 2.75) is 52.4 Å². The van der Waals surface area contributed by atoms with E-state index in [0.717, 1.165) is 61.7 Å². The Balaban J connectivity index is 1.22. The molecular weight excluding hydrogens is 663 g/mol. The average Bonchev–Trinajstić information content (AvgIpc) is 3.69. The molecule has 6 nitrogen and oxygen atoms in total. The van der Waals surface area contributed by atoms with Gasteiger partial charge in [-0.1, -0.05) is 133 Å². The van der Waals surface area contributed by atoms with E-state index in [2.05, 4.69) is 154 Å². The van der Waals surface area contributed by atoms with Gasteiger partial charge in [-0.2, -0.15) is 0 Å². The number of anilines is 3. The fourth-order valence-corrected chi connectivity index (χ4v) is 6.93. The lowest BCUT2D eigenvalue weighted by Gasteiger charge is -2.27. The highest BCUT2D eigenvalue weighted by atomic mass is 16.4. The van der Waals surface area contributed by atoms with Gasteiger partial charge in [-0.25, -0.2) is 9.97 Å². The lowest BCUT2D eigenvalue weighted by Crippen LogP contribution is -2.17. The van der Waals surface area contributed by atoms with Crippen LogP contribution in [0.25, 0.3) is 56.5 Å². The third-order valence-electron chi connectivity index (χ3n) is 9.72. The normalized spacial score (nSPS) is 11.9. The number of fused-ring (bicyclic) bond motifs is 1. The zero-order chi connectivity index (χ0) is 37.5. The average molecular weight is 706 g/mol. The van der Waals surface area contributed by atoms with Gasteiger partial charge in [0.25, 0.3) is 0 Å². The number of aromatic nitrogens is 4. The summed E-state index contributed by atoms with van der Waals surface area (Å²) in [4.78, 5) is 13.2. The molecule has 0 saturated carbocycles. The molecule has 0 aliphatic rings. The molecule has 2 aromatic heterocycles. The van der Waals surface area contributed by atoms with Crippen molar-refractivity contribution in [2.24, 2.45) is 0 Å². The van der Waals surface area contributed by atoms with Crippen molar-refractivity contribution in [1.82, 2.24) is 20.2 Å². The Labute approximate surface area is 317 Å². The maximum absolute atomic E-state index is 6.05. The van der Waals surface area contributed by atoms with E-state index in [0.29, 0.717) is 11.8 Å². The number of hydrogen-bond acceptors (Lipinski definition) is 6. The Morgan fingerprint density at radius 2 is 0.741 bits per heavy atom. The van der Waals surface area contributed by atoms with E-state index in [1.165, 1.54) is 11.1 Å². The number of para-hydroxylation sites is 1. The molecule has 0 atom stereocenters. The molecular formula is C48H43N5O. The Hall–Kier alpha value is -6.40. The number of nitrogens with zero attached hydrogens (tertiary/aromatic N) is 5. The first-order valence-electron chi connectivity index (χ1n) is 18.4. The van der Waals surface area contributed by atoms with Crippen LogP contribution in [0, 0.1) is 0 Å². The van der Waals surface area contributed by atoms with Crippen LogP contribution in [0.1, 0.15) is 52.7 Å². The van der Waals surface area contributed by atoms with Crippen molar-refractivity contribution in [2.75, 3.05) is 4.90 Å². The summed E-state index contributed by atoms with van der Waals surface area (Å²) in [6.07, 6.45) is 0. The minimum Gasteiger partial charge on any atom is -0.416 e. The molecule has 0 unspecified atom stereocenters. The maximum Gasteiger partial charge on any atom is 0.248 e. The van der Waals surface area contributed by atoms with E-state index in [1.54, 1.807) is 0 Å². The summed E-state index contributed by atoms with van der Waals surface area (Å²) in [5.41, 5.74) is 12.7. The van der Waals surface area contributed by atoms with Crippen LogP contribution in [0.2, 0.25) is 0 Å². The van der Waals surface area contributed by atoms with Crippen LogP contribution in [-0.2, 0) is 10.8 Å². The van der Waals surface area contributed by atoms with E-state index in [1.807, 2.05) is 54.6 Å². The second kappa shape index (κ2) is 13.9. The van der Waals surface area contributed by atoms with Crippen LogP contribution in [-0.4, -0.2) is 20.2 Å². The molecule has 54 heavy (non-hydrogen) atoms. The van der Waals surface area contributed by atoms with Gasteiger partial charge in [-0.15, -0.1) is 10.2 Å². The summed E-state index contributed by atoms with van der Waals surface area (Å²) < 4.78 is 6.05. The van der Waals surface area contributed by atoms with Crippen LogP contribution in [0.15, 0.2) is 156 Å². The van der Waals surface area contributed by atoms with Crippen molar-refractivity contribution < 1.29 is 4.42 Å². The van der Waals surface area contributed by atoms with Crippen LogP contribution >= 0.6 is 0 Å². The Morgan fingerprint density at radius 1 is 0.389 bits per heavy atom. The third kappa shape index (κ3) is 6.79. The molecule has 0 bridgehead atoms. The van der Waals surface area contributed by atoms with E-state index in [4.69, 9.17) is 14.4 Å². The fraction of sp³-hybridized carbons (Fsp3) is 0.167. The quantitative estimate of drug-likeness (QED) is 0.164. The van der Waals surface area contributed by atoms with Crippen LogP contribution in [0.4, 0.5) is 17.1 Å². The Bertz CT molecular complexity index is 2530. The van der Waals surface area contributed by atoms with Gasteiger partial charge in [0.05, 0.1) is 22.4 Å². The lowest BCUT2D eigenvalue weighted by molar-refractivity contribution is 0.583. The Morgan fingerprint density at radius 3 is 1.19 bits per heavy atom. The van der Waals surface area contributed by atoms with Gasteiger partial charge in [-0.3, -0.25) is 0 Å². The Kier molecular flexibility index (Phi) is 8.90. The summed E-state index contributed by atoms with van der Waals surface area (Å²) in [6, 6.07) is 52.0. The summed E-state index contributed by atoms with van der Waals surface area (Å²) in [6.45, 7) is 13.5. The largest absolute Gasteiger partial charge is 0.416 e. The molecule has 6 heteroatoms. The van der Waals surface area contributed by atoms with Crippen LogP contribution < -0.4 is 4.90 Å². The second-order valence-electron chi connectivity index (χ2n) is 15.7. The van der Waals surface area contributed by atoms with Gasteiger partial charge >= 0.3 is 0 Å². The number of benzene rings is 6. The van der Waals surface area contributed by atoms with Crippen molar-refractivity contribution >= 4 is 28.1 Å². The van der Waals surface area contributed by atoms with Crippen molar-refractivity contribution in [3.63, 3.8) is 0 Å². The zero-order valence-electron chi connectivity index (χ0n) is 31.6. The highest BCUT2D eigenvalue weighted by molar-refractivity contribution is 5.91. The minimum absolute atomic E-state index is 0.101. The van der Waals surface area contributed by atoms with E-state index >= 15 is 0 Å². The summed E-state index contributed by atoms with van der Waals surface area (Å²) in [5, 5.41) is 8.62. The second-order valence-corrected chi connectivity index (χ2v) is 15.7. The van der Waals surface area contributed by atoms with Gasteiger partial charge in [-0.05, 0) is 82.6 Å². The topological polar surface area (TPSA) is 67.9 Å². The highest BCUT2D eigenvalue weighted by Gasteiger charge is 2.27. The first kappa shape index (κ1) is 34.7. The van der Waals surface area contributed by atoms with E-state index in [-0.39, 0.29) is 10.8 Å². The van der Waals surface area contributed by atoms with Crippen LogP contribution in [0.3, 0.4) is 0 Å². The molecule has 6 aromatic carbocycles. The number of rotatable bonds is 7. The first-order valence-corrected chi connectivity index (χ1v) is 18.4. The predicted octanol–water partition coefficient (Wildman–Crippen LogP) is 12.7. The molecule has 0 saturated heterocycles. The van der Waals surface area contributed by atoms with Crippen molar-refractivity contribution in [3.05, 3.63) is 163 Å². The molecule has 0 aliphatic heterocycles. The molecule has 8 rings (SSSR count). The minimum atomic E-state index is -0.113. The van der Waals surface area contributed by atoms with E-state index < -0.39 is 0 Å². The van der Waals surface area contributed by atoms with E-state index in [9.17, 15) is 0 Å². The van der Waals surface area contributed by atoms with Crippen LogP contribution in [0.5, 0.6) is 0 Å².